The van der Waals surface area contributed by atoms with Gasteiger partial charge in [-0.15, -0.1) is 0 Å². The van der Waals surface area contributed by atoms with Gasteiger partial charge in [0, 0.05) is 18.8 Å². The van der Waals surface area contributed by atoms with E-state index in [4.69, 9.17) is 5.73 Å². The first-order valence-electron chi connectivity index (χ1n) is 8.69. The van der Waals surface area contributed by atoms with Gasteiger partial charge in [-0.1, -0.05) is 12.1 Å². The normalized spacial score (nSPS) is 15.4. The molecule has 3 N–H and O–H groups in total. The Labute approximate surface area is 164 Å². The number of nitrogens with two attached hydrogens (primary N) is 1. The fraction of sp³-hybridized carbons (Fsp3) is 0.278. The number of anilines is 1. The van der Waals surface area contributed by atoms with Crippen LogP contribution in [0.3, 0.4) is 0 Å². The van der Waals surface area contributed by atoms with E-state index in [0.29, 0.717) is 24.3 Å². The molecule has 10 heteroatoms. The SMILES string of the molecule is NC(=O)Cc1ccc(NS(=O)(=O)c2ccc(S(=O)(=O)N3CCCC3)cc2)cc1. The minimum Gasteiger partial charge on any atom is -0.369 e. The molecule has 1 aliphatic heterocycles. The van der Waals surface area contributed by atoms with Crippen molar-refractivity contribution in [3.05, 3.63) is 54.1 Å². The molecule has 1 fully saturated rings. The minimum absolute atomic E-state index is 0.0471. The number of hydrogen-bond donors (Lipinski definition) is 2. The van der Waals surface area contributed by atoms with Crippen LogP contribution >= 0.6 is 0 Å². The topological polar surface area (TPSA) is 127 Å². The molecule has 0 aliphatic carbocycles. The zero-order chi connectivity index (χ0) is 20.4. The van der Waals surface area contributed by atoms with Crippen molar-refractivity contribution >= 4 is 31.6 Å². The van der Waals surface area contributed by atoms with Gasteiger partial charge in [-0.3, -0.25) is 9.52 Å². The van der Waals surface area contributed by atoms with Gasteiger partial charge in [0.2, 0.25) is 15.9 Å². The Morgan fingerprint density at radius 3 is 1.96 bits per heavy atom. The number of hydrogen-bond acceptors (Lipinski definition) is 5. The maximum Gasteiger partial charge on any atom is 0.261 e. The summed E-state index contributed by atoms with van der Waals surface area (Å²) in [6, 6.07) is 11.4. The van der Waals surface area contributed by atoms with Gasteiger partial charge in [-0.25, -0.2) is 16.8 Å². The van der Waals surface area contributed by atoms with E-state index >= 15 is 0 Å². The smallest absolute Gasteiger partial charge is 0.261 e. The molecule has 2 aromatic carbocycles. The molecule has 0 unspecified atom stereocenters. The number of carbonyl (C=O) groups is 1. The molecule has 0 saturated carbocycles. The van der Waals surface area contributed by atoms with Crippen molar-refractivity contribution in [2.24, 2.45) is 5.73 Å². The number of nitrogens with one attached hydrogen (secondary N) is 1. The number of rotatable bonds is 7. The molecule has 1 aliphatic rings. The van der Waals surface area contributed by atoms with Gasteiger partial charge in [0.15, 0.2) is 0 Å². The predicted molar refractivity (Wildman–Crippen MR) is 105 cm³/mol. The fourth-order valence-electron chi connectivity index (χ4n) is 2.97. The lowest BCUT2D eigenvalue weighted by molar-refractivity contribution is -0.117. The lowest BCUT2D eigenvalue weighted by Gasteiger charge is -2.15. The molecule has 8 nitrogen and oxygen atoms in total. The molecule has 1 heterocycles. The third-order valence-electron chi connectivity index (χ3n) is 4.42. The second kappa shape index (κ2) is 7.90. The highest BCUT2D eigenvalue weighted by Gasteiger charge is 2.27. The molecule has 1 amide bonds. The summed E-state index contributed by atoms with van der Waals surface area (Å²) in [5.41, 5.74) is 6.12. The van der Waals surface area contributed by atoms with Crippen molar-refractivity contribution in [3.8, 4) is 0 Å². The molecule has 0 aromatic heterocycles. The van der Waals surface area contributed by atoms with Crippen molar-refractivity contribution in [1.29, 1.82) is 0 Å². The number of primary amides is 1. The van der Waals surface area contributed by atoms with E-state index in [-0.39, 0.29) is 16.2 Å². The molecule has 3 rings (SSSR count). The van der Waals surface area contributed by atoms with Crippen molar-refractivity contribution in [3.63, 3.8) is 0 Å². The summed E-state index contributed by atoms with van der Waals surface area (Å²) in [6.07, 6.45) is 1.72. The predicted octanol–water partition coefficient (Wildman–Crippen LogP) is 1.30. The van der Waals surface area contributed by atoms with Crippen LogP contribution in [0.4, 0.5) is 5.69 Å². The van der Waals surface area contributed by atoms with E-state index < -0.39 is 26.0 Å². The molecule has 1 saturated heterocycles. The third kappa shape index (κ3) is 4.51. The van der Waals surface area contributed by atoms with Crippen LogP contribution < -0.4 is 10.5 Å². The van der Waals surface area contributed by atoms with Gasteiger partial charge < -0.3 is 5.73 Å². The van der Waals surface area contributed by atoms with Gasteiger partial charge in [0.05, 0.1) is 16.2 Å². The van der Waals surface area contributed by atoms with Crippen LogP contribution in [0.5, 0.6) is 0 Å². The van der Waals surface area contributed by atoms with Crippen molar-refractivity contribution in [1.82, 2.24) is 4.31 Å². The van der Waals surface area contributed by atoms with Gasteiger partial charge >= 0.3 is 0 Å². The second-order valence-electron chi connectivity index (χ2n) is 6.53. The number of nitrogens with zero attached hydrogens (tertiary/aromatic N) is 1. The first-order chi connectivity index (χ1) is 13.2. The lowest BCUT2D eigenvalue weighted by Crippen LogP contribution is -2.27. The van der Waals surface area contributed by atoms with Gasteiger partial charge in [0.1, 0.15) is 0 Å². The van der Waals surface area contributed by atoms with Crippen molar-refractivity contribution in [2.75, 3.05) is 17.8 Å². The van der Waals surface area contributed by atoms with Crippen molar-refractivity contribution < 1.29 is 21.6 Å². The average molecular weight is 424 g/mol. The van der Waals surface area contributed by atoms with E-state index in [2.05, 4.69) is 4.72 Å². The minimum atomic E-state index is -3.88. The zero-order valence-corrected chi connectivity index (χ0v) is 16.7. The van der Waals surface area contributed by atoms with Gasteiger partial charge in [0.25, 0.3) is 10.0 Å². The number of carbonyl (C=O) groups excluding carboxylic acids is 1. The molecule has 0 bridgehead atoms. The zero-order valence-electron chi connectivity index (χ0n) is 15.0. The summed E-state index contributed by atoms with van der Waals surface area (Å²) in [4.78, 5) is 10.9. The highest BCUT2D eigenvalue weighted by molar-refractivity contribution is 7.92. The summed E-state index contributed by atoms with van der Waals surface area (Å²) in [5, 5.41) is 0. The number of sulfonamides is 2. The Morgan fingerprint density at radius 2 is 1.43 bits per heavy atom. The Kier molecular flexibility index (Phi) is 5.73. The molecule has 28 heavy (non-hydrogen) atoms. The number of amides is 1. The van der Waals surface area contributed by atoms with Crippen LogP contribution in [0, 0.1) is 0 Å². The maximum atomic E-state index is 12.5. The summed E-state index contributed by atoms with van der Waals surface area (Å²) >= 11 is 0. The Hall–Kier alpha value is -2.43. The standard InChI is InChI=1S/C18H21N3O5S2/c19-18(22)13-14-3-5-15(6-4-14)20-27(23,24)16-7-9-17(10-8-16)28(25,26)21-11-1-2-12-21/h3-10,20H,1-2,11-13H2,(H2,19,22). The summed E-state index contributed by atoms with van der Waals surface area (Å²) in [7, 11) is -7.47. The summed E-state index contributed by atoms with van der Waals surface area (Å²) in [5.74, 6) is -0.475. The van der Waals surface area contributed by atoms with E-state index in [1.165, 1.54) is 40.7 Å². The molecule has 2 aromatic rings. The van der Waals surface area contributed by atoms with Crippen LogP contribution in [0.1, 0.15) is 18.4 Å². The van der Waals surface area contributed by atoms with Gasteiger partial charge in [-0.2, -0.15) is 4.31 Å². The Balaban J connectivity index is 1.76. The van der Waals surface area contributed by atoms with Crippen molar-refractivity contribution in [2.45, 2.75) is 29.1 Å². The van der Waals surface area contributed by atoms with E-state index in [1.807, 2.05) is 0 Å². The van der Waals surface area contributed by atoms with Crippen LogP contribution in [0.25, 0.3) is 0 Å². The number of benzene rings is 2. The first kappa shape index (κ1) is 20.3. The Bertz CT molecular complexity index is 1060. The first-order valence-corrected chi connectivity index (χ1v) is 11.6. The third-order valence-corrected chi connectivity index (χ3v) is 7.73. The van der Waals surface area contributed by atoms with Crippen LogP contribution in [0.15, 0.2) is 58.3 Å². The molecular weight excluding hydrogens is 402 g/mol. The second-order valence-corrected chi connectivity index (χ2v) is 10.1. The average Bonchev–Trinajstić information content (AvgIpc) is 3.18. The lowest BCUT2D eigenvalue weighted by atomic mass is 10.1. The van der Waals surface area contributed by atoms with Gasteiger partial charge in [-0.05, 0) is 54.8 Å². The fourth-order valence-corrected chi connectivity index (χ4v) is 5.55. The maximum absolute atomic E-state index is 12.5. The summed E-state index contributed by atoms with van der Waals surface area (Å²) < 4.78 is 53.9. The molecule has 0 atom stereocenters. The Morgan fingerprint density at radius 1 is 0.893 bits per heavy atom. The van der Waals surface area contributed by atoms with E-state index in [0.717, 1.165) is 12.8 Å². The largest absolute Gasteiger partial charge is 0.369 e. The van der Waals surface area contributed by atoms with E-state index in [1.54, 1.807) is 12.1 Å². The quantitative estimate of drug-likeness (QED) is 0.694. The molecule has 150 valence electrons. The molecule has 0 spiro atoms. The van der Waals surface area contributed by atoms with Crippen LogP contribution in [-0.2, 0) is 31.3 Å². The molecular formula is C18H21N3O5S2. The highest BCUT2D eigenvalue weighted by Crippen LogP contribution is 2.23. The molecule has 0 radical (unpaired) electrons. The van der Waals surface area contributed by atoms with Crippen LogP contribution in [0.2, 0.25) is 0 Å². The monoisotopic (exact) mass is 423 g/mol. The highest BCUT2D eigenvalue weighted by atomic mass is 32.2. The summed E-state index contributed by atoms with van der Waals surface area (Å²) in [6.45, 7) is 0.964. The van der Waals surface area contributed by atoms with E-state index in [9.17, 15) is 21.6 Å². The van der Waals surface area contributed by atoms with Crippen LogP contribution in [-0.4, -0.2) is 40.1 Å².